The van der Waals surface area contributed by atoms with Gasteiger partial charge in [-0.2, -0.15) is 0 Å². The second-order valence-electron chi connectivity index (χ2n) is 4.27. The fourth-order valence-corrected chi connectivity index (χ4v) is 2.65. The molecule has 1 aromatic rings. The van der Waals surface area contributed by atoms with Crippen LogP contribution in [0.15, 0.2) is 23.1 Å². The van der Waals surface area contributed by atoms with Crippen molar-refractivity contribution in [3.05, 3.63) is 29.6 Å². The molecule has 1 unspecified atom stereocenters. The van der Waals surface area contributed by atoms with Gasteiger partial charge in [0.1, 0.15) is 5.82 Å². The summed E-state index contributed by atoms with van der Waals surface area (Å²) in [5, 5.41) is 18.1. The molecule has 0 aromatic heterocycles. The summed E-state index contributed by atoms with van der Waals surface area (Å²) in [4.78, 5) is 10.4. The third-order valence-corrected chi connectivity index (χ3v) is 4.12. The van der Waals surface area contributed by atoms with Crippen LogP contribution in [-0.2, 0) is 14.8 Å². The van der Waals surface area contributed by atoms with Crippen LogP contribution in [0.3, 0.4) is 0 Å². The van der Waals surface area contributed by atoms with E-state index in [0.717, 1.165) is 13.0 Å². The molecule has 0 amide bonds. The zero-order valence-corrected chi connectivity index (χ0v) is 11.2. The Bertz CT molecular complexity index is 597. The van der Waals surface area contributed by atoms with E-state index in [1.165, 1.54) is 19.1 Å². The van der Waals surface area contributed by atoms with Crippen molar-refractivity contribution in [3.63, 3.8) is 0 Å². The number of benzene rings is 1. The molecule has 0 heterocycles. The lowest BCUT2D eigenvalue weighted by Crippen LogP contribution is -2.46. The summed E-state index contributed by atoms with van der Waals surface area (Å²) in [6.45, 7) is 1.52. The monoisotopic (exact) mass is 291 g/mol. The summed E-state index contributed by atoms with van der Waals surface area (Å²) >= 11 is 0. The summed E-state index contributed by atoms with van der Waals surface area (Å²) in [6.07, 6.45) is 0. The quantitative estimate of drug-likeness (QED) is 0.721. The zero-order chi connectivity index (χ0) is 14.8. The fourth-order valence-electron chi connectivity index (χ4n) is 1.27. The molecule has 0 bridgehead atoms. The van der Waals surface area contributed by atoms with Gasteiger partial charge in [-0.05, 0) is 26.0 Å². The third kappa shape index (κ3) is 3.49. The van der Waals surface area contributed by atoms with Crippen LogP contribution in [0.2, 0.25) is 0 Å². The normalized spacial score (nSPS) is 14.9. The number of carboxylic acid groups (broad SMARTS) is 1. The second kappa shape index (κ2) is 5.24. The van der Waals surface area contributed by atoms with Crippen molar-refractivity contribution in [2.75, 3.05) is 6.54 Å². The van der Waals surface area contributed by atoms with Gasteiger partial charge in [0.05, 0.1) is 11.4 Å². The van der Waals surface area contributed by atoms with E-state index < -0.39 is 34.0 Å². The van der Waals surface area contributed by atoms with Crippen LogP contribution in [0.4, 0.5) is 4.39 Å². The number of aliphatic carboxylic acids is 1. The van der Waals surface area contributed by atoms with E-state index in [2.05, 4.69) is 0 Å². The topological polar surface area (TPSA) is 104 Å². The van der Waals surface area contributed by atoms with Gasteiger partial charge in [-0.15, -0.1) is 0 Å². The zero-order valence-electron chi connectivity index (χ0n) is 10.3. The predicted molar refractivity (Wildman–Crippen MR) is 64.6 cm³/mol. The molecule has 19 heavy (non-hydrogen) atoms. The van der Waals surface area contributed by atoms with E-state index in [1.807, 2.05) is 4.72 Å². The molecule has 0 spiro atoms. The number of carbonyl (C=O) groups is 1. The van der Waals surface area contributed by atoms with E-state index in [-0.39, 0.29) is 10.5 Å². The highest BCUT2D eigenvalue weighted by Gasteiger charge is 2.32. The fraction of sp³-hybridized carbons (Fsp3) is 0.364. The molecule has 1 rings (SSSR count). The number of sulfonamides is 1. The van der Waals surface area contributed by atoms with Gasteiger partial charge in [0, 0.05) is 5.56 Å². The number of hydrogen-bond donors (Lipinski definition) is 3. The summed E-state index contributed by atoms with van der Waals surface area (Å²) in [5.74, 6) is -2.25. The average Bonchev–Trinajstić information content (AvgIpc) is 2.30. The maximum Gasteiger partial charge on any atom is 0.336 e. The number of halogens is 1. The molecule has 106 valence electrons. The van der Waals surface area contributed by atoms with Gasteiger partial charge >= 0.3 is 5.97 Å². The Balaban J connectivity index is 3.01. The first-order valence-corrected chi connectivity index (χ1v) is 6.77. The molecule has 0 fully saturated rings. The Morgan fingerprint density at radius 3 is 2.58 bits per heavy atom. The maximum absolute atomic E-state index is 13.3. The van der Waals surface area contributed by atoms with Crippen LogP contribution >= 0.6 is 0 Å². The molecule has 8 heteroatoms. The van der Waals surface area contributed by atoms with Gasteiger partial charge in [-0.25, -0.2) is 22.3 Å². The van der Waals surface area contributed by atoms with Crippen LogP contribution in [-0.4, -0.2) is 36.7 Å². The molecule has 1 aromatic carbocycles. The number of aliphatic hydroxyl groups is 1. The minimum absolute atomic E-state index is 0.0787. The number of nitrogens with one attached hydrogen (secondary N) is 1. The van der Waals surface area contributed by atoms with Gasteiger partial charge in [0.2, 0.25) is 10.0 Å². The Morgan fingerprint density at radius 1 is 1.47 bits per heavy atom. The van der Waals surface area contributed by atoms with Crippen LogP contribution in [0, 0.1) is 12.7 Å². The smallest absolute Gasteiger partial charge is 0.336 e. The summed E-state index contributed by atoms with van der Waals surface area (Å²) in [7, 11) is -4.09. The van der Waals surface area contributed by atoms with Crippen LogP contribution in [0.25, 0.3) is 0 Å². The van der Waals surface area contributed by atoms with Crippen molar-refractivity contribution in [1.82, 2.24) is 4.72 Å². The Hall–Kier alpha value is -1.51. The highest BCUT2D eigenvalue weighted by atomic mass is 32.2. The first-order valence-electron chi connectivity index (χ1n) is 5.28. The molecule has 0 saturated carbocycles. The van der Waals surface area contributed by atoms with Crippen molar-refractivity contribution in [2.24, 2.45) is 0 Å². The minimum atomic E-state index is -4.09. The molecule has 0 saturated heterocycles. The summed E-state index contributed by atoms with van der Waals surface area (Å²) in [5.41, 5.74) is -2.32. The number of hydrogen-bond acceptors (Lipinski definition) is 4. The van der Waals surface area contributed by atoms with E-state index in [0.29, 0.717) is 0 Å². The van der Waals surface area contributed by atoms with Gasteiger partial charge in [0.25, 0.3) is 0 Å². The van der Waals surface area contributed by atoms with Crippen LogP contribution in [0.5, 0.6) is 0 Å². The highest BCUT2D eigenvalue weighted by Crippen LogP contribution is 2.17. The molecule has 0 aliphatic rings. The molecule has 0 radical (unpaired) electrons. The largest absolute Gasteiger partial charge is 0.479 e. The molecule has 0 aliphatic carbocycles. The van der Waals surface area contributed by atoms with Crippen LogP contribution in [0.1, 0.15) is 12.5 Å². The Morgan fingerprint density at radius 2 is 2.05 bits per heavy atom. The molecule has 1 atom stereocenters. The van der Waals surface area contributed by atoms with Gasteiger partial charge < -0.3 is 10.2 Å². The first kappa shape index (κ1) is 15.5. The molecule has 6 nitrogen and oxygen atoms in total. The van der Waals surface area contributed by atoms with Crippen LogP contribution < -0.4 is 4.72 Å². The standard InChI is InChI=1S/C11H14FNO5S/c1-7-8(12)4-3-5-9(7)19(17,18)13-6-11(2,16)10(14)15/h3-5,13,16H,6H2,1-2H3,(H,14,15). The van der Waals surface area contributed by atoms with Crippen molar-refractivity contribution in [2.45, 2.75) is 24.3 Å². The average molecular weight is 291 g/mol. The molecular weight excluding hydrogens is 277 g/mol. The van der Waals surface area contributed by atoms with E-state index in [4.69, 9.17) is 5.11 Å². The lowest BCUT2D eigenvalue weighted by atomic mass is 10.1. The van der Waals surface area contributed by atoms with Crippen molar-refractivity contribution >= 4 is 16.0 Å². The van der Waals surface area contributed by atoms with E-state index >= 15 is 0 Å². The first-order chi connectivity index (χ1) is 8.58. The van der Waals surface area contributed by atoms with Gasteiger partial charge in [-0.3, -0.25) is 0 Å². The third-order valence-electron chi connectivity index (χ3n) is 2.57. The maximum atomic E-state index is 13.3. The summed E-state index contributed by atoms with van der Waals surface area (Å²) < 4.78 is 39.0. The molecule has 0 aliphatic heterocycles. The predicted octanol–water partition coefficient (Wildman–Crippen LogP) is 0.248. The van der Waals surface area contributed by atoms with Crippen molar-refractivity contribution in [3.8, 4) is 0 Å². The van der Waals surface area contributed by atoms with Gasteiger partial charge in [0.15, 0.2) is 5.60 Å². The van der Waals surface area contributed by atoms with Gasteiger partial charge in [-0.1, -0.05) is 6.07 Å². The Labute approximate surface area is 109 Å². The number of carboxylic acids is 1. The molecular formula is C11H14FNO5S. The van der Waals surface area contributed by atoms with Crippen molar-refractivity contribution < 1.29 is 27.8 Å². The lowest BCUT2D eigenvalue weighted by Gasteiger charge is -2.18. The second-order valence-corrected chi connectivity index (χ2v) is 6.00. The summed E-state index contributed by atoms with van der Waals surface area (Å²) in [6, 6.07) is 3.53. The highest BCUT2D eigenvalue weighted by molar-refractivity contribution is 7.89. The number of rotatable bonds is 5. The SMILES string of the molecule is Cc1c(F)cccc1S(=O)(=O)NCC(C)(O)C(=O)O. The lowest BCUT2D eigenvalue weighted by molar-refractivity contribution is -0.155. The minimum Gasteiger partial charge on any atom is -0.479 e. The molecule has 3 N–H and O–H groups in total. The van der Waals surface area contributed by atoms with Crippen molar-refractivity contribution in [1.29, 1.82) is 0 Å². The van der Waals surface area contributed by atoms with E-state index in [1.54, 1.807) is 0 Å². The van der Waals surface area contributed by atoms with E-state index in [9.17, 15) is 22.7 Å². The Kier molecular flexibility index (Phi) is 4.28.